The molecule has 0 unspecified atom stereocenters. The van der Waals surface area contributed by atoms with E-state index in [1.54, 1.807) is 24.7 Å². The second-order valence-electron chi connectivity index (χ2n) is 7.41. The van der Waals surface area contributed by atoms with E-state index >= 15 is 0 Å². The van der Waals surface area contributed by atoms with Crippen LogP contribution in [-0.4, -0.2) is 35.3 Å². The zero-order valence-corrected chi connectivity index (χ0v) is 16.7. The normalized spacial score (nSPS) is 11.4. The molecule has 4 heterocycles. The van der Waals surface area contributed by atoms with Crippen LogP contribution in [0.15, 0.2) is 67.1 Å². The topological polar surface area (TPSA) is 111 Å². The summed E-state index contributed by atoms with van der Waals surface area (Å²) in [5, 5.41) is 18.2. The summed E-state index contributed by atoms with van der Waals surface area (Å²) in [6, 6.07) is 14.8. The number of halogens is 1. The lowest BCUT2D eigenvalue weighted by atomic mass is 10.0. The first-order chi connectivity index (χ1) is 15.8. The zero-order valence-electron chi connectivity index (χ0n) is 16.7. The summed E-state index contributed by atoms with van der Waals surface area (Å²) in [7, 11) is 0. The number of para-hydroxylation sites is 1. The van der Waals surface area contributed by atoms with Crippen molar-refractivity contribution in [2.45, 2.75) is 6.54 Å². The van der Waals surface area contributed by atoms with Gasteiger partial charge in [0.2, 0.25) is 0 Å². The Balaban J connectivity index is 1.30. The fraction of sp³-hybridized carbons (Fsp3) is 0.0435. The molecule has 32 heavy (non-hydrogen) atoms. The molecule has 0 amide bonds. The number of fused-ring (bicyclic) bond motifs is 2. The number of aromatic amines is 3. The van der Waals surface area contributed by atoms with Crippen molar-refractivity contribution in [2.24, 2.45) is 0 Å². The molecule has 6 rings (SSSR count). The molecule has 4 N–H and O–H groups in total. The number of pyridine rings is 1. The molecule has 0 aliphatic carbocycles. The highest BCUT2D eigenvalue weighted by Crippen LogP contribution is 2.30. The molecule has 0 saturated heterocycles. The van der Waals surface area contributed by atoms with Crippen LogP contribution in [-0.2, 0) is 6.54 Å². The third-order valence-electron chi connectivity index (χ3n) is 5.44. The number of rotatable bonds is 5. The van der Waals surface area contributed by atoms with E-state index in [-0.39, 0.29) is 5.82 Å². The summed E-state index contributed by atoms with van der Waals surface area (Å²) in [6.45, 7) is 0.319. The third-order valence-corrected chi connectivity index (χ3v) is 5.44. The first-order valence-electron chi connectivity index (χ1n) is 10.1. The first kappa shape index (κ1) is 18.3. The van der Waals surface area contributed by atoms with Gasteiger partial charge in [0, 0.05) is 35.5 Å². The molecule has 0 atom stereocenters. The molecule has 0 bridgehead atoms. The van der Waals surface area contributed by atoms with Crippen LogP contribution < -0.4 is 5.32 Å². The molecule has 0 saturated carbocycles. The maximum Gasteiger partial charge on any atom is 0.158 e. The smallest absolute Gasteiger partial charge is 0.158 e. The molecule has 156 valence electrons. The van der Waals surface area contributed by atoms with E-state index in [2.05, 4.69) is 40.7 Å². The fourth-order valence-electron chi connectivity index (χ4n) is 3.80. The summed E-state index contributed by atoms with van der Waals surface area (Å²) in [6.07, 6.45) is 5.12. The number of nitrogens with one attached hydrogen (secondary N) is 4. The highest BCUT2D eigenvalue weighted by atomic mass is 19.1. The molecule has 8 nitrogen and oxygen atoms in total. The van der Waals surface area contributed by atoms with Crippen molar-refractivity contribution in [3.63, 3.8) is 0 Å². The van der Waals surface area contributed by atoms with Gasteiger partial charge in [-0.2, -0.15) is 10.2 Å². The zero-order chi connectivity index (χ0) is 21.5. The monoisotopic (exact) mass is 424 g/mol. The maximum atomic E-state index is 15.0. The Labute approximate surface area is 180 Å². The highest BCUT2D eigenvalue weighted by Gasteiger charge is 2.14. The van der Waals surface area contributed by atoms with Gasteiger partial charge in [-0.05, 0) is 29.8 Å². The predicted molar refractivity (Wildman–Crippen MR) is 120 cm³/mol. The molecular formula is C23H17FN8. The van der Waals surface area contributed by atoms with Gasteiger partial charge in [0.1, 0.15) is 17.2 Å². The van der Waals surface area contributed by atoms with Crippen molar-refractivity contribution in [3.05, 3.63) is 78.5 Å². The molecule has 6 aromatic rings. The van der Waals surface area contributed by atoms with Gasteiger partial charge in [0.05, 0.1) is 17.3 Å². The number of hydrogen-bond donors (Lipinski definition) is 4. The first-order valence-corrected chi connectivity index (χ1v) is 10.1. The molecular weight excluding hydrogens is 407 g/mol. The van der Waals surface area contributed by atoms with Gasteiger partial charge in [-0.1, -0.05) is 24.3 Å². The summed E-state index contributed by atoms with van der Waals surface area (Å²) >= 11 is 0. The number of anilines is 1. The molecule has 0 radical (unpaired) electrons. The van der Waals surface area contributed by atoms with Crippen LogP contribution in [0.1, 0.15) is 5.56 Å². The van der Waals surface area contributed by atoms with Gasteiger partial charge in [-0.15, -0.1) is 0 Å². The van der Waals surface area contributed by atoms with E-state index < -0.39 is 0 Å². The number of imidazole rings is 1. The average Bonchev–Trinajstić information content (AvgIpc) is 3.57. The minimum atomic E-state index is -0.301. The van der Waals surface area contributed by atoms with Crippen molar-refractivity contribution in [1.29, 1.82) is 0 Å². The molecule has 2 aromatic carbocycles. The Morgan fingerprint density at radius 3 is 2.84 bits per heavy atom. The number of benzene rings is 2. The largest absolute Gasteiger partial charge is 0.364 e. The quantitative estimate of drug-likeness (QED) is 0.322. The van der Waals surface area contributed by atoms with Crippen LogP contribution in [0.25, 0.3) is 44.6 Å². The van der Waals surface area contributed by atoms with Gasteiger partial charge in [0.15, 0.2) is 11.5 Å². The molecule has 0 spiro atoms. The van der Waals surface area contributed by atoms with Gasteiger partial charge < -0.3 is 10.3 Å². The molecule has 0 aliphatic rings. The van der Waals surface area contributed by atoms with Crippen molar-refractivity contribution >= 4 is 27.9 Å². The summed E-state index contributed by atoms with van der Waals surface area (Å²) in [5.74, 6) is 1.05. The van der Waals surface area contributed by atoms with Gasteiger partial charge in [-0.25, -0.2) is 14.4 Å². The van der Waals surface area contributed by atoms with Crippen LogP contribution in [0, 0.1) is 5.82 Å². The molecule has 0 fully saturated rings. The second-order valence-corrected chi connectivity index (χ2v) is 7.41. The number of H-pyrrole nitrogens is 3. The minimum Gasteiger partial charge on any atom is -0.364 e. The van der Waals surface area contributed by atoms with Crippen LogP contribution in [0.2, 0.25) is 0 Å². The Morgan fingerprint density at radius 2 is 1.97 bits per heavy atom. The van der Waals surface area contributed by atoms with E-state index in [4.69, 9.17) is 0 Å². The Morgan fingerprint density at radius 1 is 1.03 bits per heavy atom. The number of hydrogen-bond acceptors (Lipinski definition) is 5. The van der Waals surface area contributed by atoms with Gasteiger partial charge >= 0.3 is 0 Å². The van der Waals surface area contributed by atoms with E-state index in [0.29, 0.717) is 34.9 Å². The Hall–Kier alpha value is -4.53. The summed E-state index contributed by atoms with van der Waals surface area (Å²) in [4.78, 5) is 12.2. The summed E-state index contributed by atoms with van der Waals surface area (Å²) < 4.78 is 15.0. The van der Waals surface area contributed by atoms with Gasteiger partial charge in [-0.3, -0.25) is 10.2 Å². The predicted octanol–water partition coefficient (Wildman–Crippen LogP) is 4.64. The molecule has 4 aromatic heterocycles. The Kier molecular flexibility index (Phi) is 4.17. The van der Waals surface area contributed by atoms with Gasteiger partial charge in [0.25, 0.3) is 0 Å². The standard InChI is InChI=1S/C23H17FN8/c24-18-9-13(5-6-14(18)10-26-22-17-3-1-2-4-19(17)31-32-22)16-7-8-25-23-20(16)29-21(30-23)15-11-27-28-12-15/h1-9,11-12H,10H2,(H,27,28)(H,25,29,30)(H2,26,31,32). The summed E-state index contributed by atoms with van der Waals surface area (Å²) in [5.41, 5.74) is 5.15. The lowest BCUT2D eigenvalue weighted by molar-refractivity contribution is 0.613. The van der Waals surface area contributed by atoms with Crippen molar-refractivity contribution in [2.75, 3.05) is 5.32 Å². The third kappa shape index (κ3) is 3.07. The highest BCUT2D eigenvalue weighted by molar-refractivity contribution is 5.91. The second kappa shape index (κ2) is 7.31. The molecule has 9 heteroatoms. The van der Waals surface area contributed by atoms with Crippen molar-refractivity contribution in [3.8, 4) is 22.5 Å². The van der Waals surface area contributed by atoms with Crippen LogP contribution in [0.5, 0.6) is 0 Å². The van der Waals surface area contributed by atoms with Crippen LogP contribution >= 0.6 is 0 Å². The lowest BCUT2D eigenvalue weighted by Gasteiger charge is -2.08. The number of nitrogens with zero attached hydrogens (tertiary/aromatic N) is 4. The Bertz CT molecular complexity index is 1550. The van der Waals surface area contributed by atoms with Crippen molar-refractivity contribution < 1.29 is 4.39 Å². The molecule has 0 aliphatic heterocycles. The average molecular weight is 424 g/mol. The number of aromatic nitrogens is 7. The van der Waals surface area contributed by atoms with E-state index in [1.807, 2.05) is 36.4 Å². The fourth-order valence-corrected chi connectivity index (χ4v) is 3.80. The lowest BCUT2D eigenvalue weighted by Crippen LogP contribution is -2.02. The van der Waals surface area contributed by atoms with Crippen molar-refractivity contribution in [1.82, 2.24) is 35.3 Å². The van der Waals surface area contributed by atoms with Crippen LogP contribution in [0.4, 0.5) is 10.2 Å². The SMILES string of the molecule is Fc1cc(-c2ccnc3[nH]c(-c4cn[nH]c4)nc23)ccc1CNc1n[nH]c2ccccc12. The van der Waals surface area contributed by atoms with E-state index in [9.17, 15) is 4.39 Å². The maximum absolute atomic E-state index is 15.0. The van der Waals surface area contributed by atoms with E-state index in [0.717, 1.165) is 27.6 Å². The van der Waals surface area contributed by atoms with Crippen LogP contribution in [0.3, 0.4) is 0 Å². The minimum absolute atomic E-state index is 0.301. The van der Waals surface area contributed by atoms with E-state index in [1.165, 1.54) is 6.07 Å².